The summed E-state index contributed by atoms with van der Waals surface area (Å²) < 4.78 is 5.83. The third kappa shape index (κ3) is 3.93. The van der Waals surface area contributed by atoms with Crippen molar-refractivity contribution in [1.82, 2.24) is 34.3 Å². The van der Waals surface area contributed by atoms with Crippen LogP contribution < -0.4 is 0 Å². The molecule has 6 aromatic rings. The van der Waals surface area contributed by atoms with Crippen LogP contribution in [0, 0.1) is 6.92 Å². The summed E-state index contributed by atoms with van der Waals surface area (Å²) >= 11 is 0. The van der Waals surface area contributed by atoms with Crippen molar-refractivity contribution in [3.8, 4) is 16.9 Å². The van der Waals surface area contributed by atoms with E-state index in [-0.39, 0.29) is 0 Å². The molecule has 0 bridgehead atoms. The number of nitrogens with zero attached hydrogens (tertiary/aromatic N) is 7. The Morgan fingerprint density at radius 2 is 1.73 bits per heavy atom. The fourth-order valence-corrected chi connectivity index (χ4v) is 6.06. The van der Waals surface area contributed by atoms with E-state index in [9.17, 15) is 5.11 Å². The van der Waals surface area contributed by atoms with Crippen LogP contribution in [0.1, 0.15) is 66.1 Å². The standard InChI is InChI=1S/C32H31N7O/c1-19-29(21-11-12-21)31(35-39(19)27-15-23-16-37(2)36-32(23)33-30(27)22-13-14-22)24-9-6-10-26-25(24)17-38(34-26)18-28(40)20-7-4-3-5-8-20/h3-10,15-17,21-22,28,40H,11-14,18H2,1-2H3/t28-/m0/s1. The molecule has 1 atom stereocenters. The average Bonchev–Trinajstić information content (AvgIpc) is 3.88. The lowest BCUT2D eigenvalue weighted by Gasteiger charge is -2.10. The molecular weight excluding hydrogens is 498 g/mol. The fourth-order valence-electron chi connectivity index (χ4n) is 6.06. The minimum absolute atomic E-state index is 0.391. The maximum Gasteiger partial charge on any atom is 0.181 e. The molecule has 0 spiro atoms. The molecule has 2 aliphatic rings. The number of aliphatic hydroxyl groups excluding tert-OH is 1. The number of rotatable bonds is 7. The fraction of sp³-hybridized carbons (Fsp3) is 0.312. The Morgan fingerprint density at radius 3 is 2.50 bits per heavy atom. The molecule has 8 nitrogen and oxygen atoms in total. The lowest BCUT2D eigenvalue weighted by atomic mass is 10.00. The van der Waals surface area contributed by atoms with Crippen molar-refractivity contribution in [2.45, 2.75) is 57.1 Å². The van der Waals surface area contributed by atoms with Gasteiger partial charge >= 0.3 is 0 Å². The molecule has 8 rings (SSSR count). The van der Waals surface area contributed by atoms with E-state index in [0.29, 0.717) is 18.4 Å². The summed E-state index contributed by atoms with van der Waals surface area (Å²) in [4.78, 5) is 5.02. The number of aliphatic hydroxyl groups is 1. The second-order valence-corrected chi connectivity index (χ2v) is 11.4. The summed E-state index contributed by atoms with van der Waals surface area (Å²) in [6.07, 6.45) is 8.16. The van der Waals surface area contributed by atoms with Gasteiger partial charge in [0.25, 0.3) is 0 Å². The highest BCUT2D eigenvalue weighted by Gasteiger charge is 2.35. The number of hydrogen-bond acceptors (Lipinski definition) is 5. The zero-order valence-electron chi connectivity index (χ0n) is 22.7. The van der Waals surface area contributed by atoms with Crippen molar-refractivity contribution in [2.24, 2.45) is 7.05 Å². The van der Waals surface area contributed by atoms with Gasteiger partial charge in [-0.1, -0.05) is 42.5 Å². The van der Waals surface area contributed by atoms with E-state index in [4.69, 9.17) is 15.2 Å². The van der Waals surface area contributed by atoms with Gasteiger partial charge in [0, 0.05) is 53.0 Å². The molecule has 0 unspecified atom stereocenters. The van der Waals surface area contributed by atoms with Crippen LogP contribution in [0.5, 0.6) is 0 Å². The molecule has 2 fully saturated rings. The van der Waals surface area contributed by atoms with Crippen LogP contribution in [0.15, 0.2) is 67.0 Å². The first-order valence-electron chi connectivity index (χ1n) is 14.2. The Morgan fingerprint density at radius 1 is 0.925 bits per heavy atom. The Kier molecular flexibility index (Phi) is 5.22. The summed E-state index contributed by atoms with van der Waals surface area (Å²) in [5.41, 5.74) is 9.41. The molecule has 4 heterocycles. The van der Waals surface area contributed by atoms with Crippen LogP contribution in [-0.2, 0) is 13.6 Å². The number of aryl methyl sites for hydroxylation is 1. The molecule has 0 radical (unpaired) electrons. The Bertz CT molecular complexity index is 1890. The maximum atomic E-state index is 10.8. The second-order valence-electron chi connectivity index (χ2n) is 11.4. The van der Waals surface area contributed by atoms with Crippen LogP contribution in [-0.4, -0.2) is 39.4 Å². The number of aromatic nitrogens is 7. The molecule has 8 heteroatoms. The van der Waals surface area contributed by atoms with Gasteiger partial charge in [-0.25, -0.2) is 9.67 Å². The molecule has 0 saturated heterocycles. The Hall–Kier alpha value is -4.30. The SMILES string of the molecule is Cc1c(C2CC2)c(-c2cccc3nn(C[C@H](O)c4ccccc4)cc23)nn1-c1cc2cn(C)nc2nc1C1CC1. The molecular formula is C32H31N7O. The van der Waals surface area contributed by atoms with E-state index < -0.39 is 6.10 Å². The van der Waals surface area contributed by atoms with Gasteiger partial charge in [0.1, 0.15) is 0 Å². The summed E-state index contributed by atoms with van der Waals surface area (Å²) in [7, 11) is 1.94. The van der Waals surface area contributed by atoms with E-state index in [0.717, 1.165) is 63.0 Å². The highest BCUT2D eigenvalue weighted by Crippen LogP contribution is 2.48. The van der Waals surface area contributed by atoms with Gasteiger partial charge in [-0.05, 0) is 56.2 Å². The summed E-state index contributed by atoms with van der Waals surface area (Å²) in [6, 6.07) is 18.2. The van der Waals surface area contributed by atoms with E-state index in [1.807, 2.05) is 59.0 Å². The third-order valence-corrected chi connectivity index (χ3v) is 8.35. The Labute approximate surface area is 231 Å². The van der Waals surface area contributed by atoms with Gasteiger partial charge in [-0.2, -0.15) is 15.3 Å². The summed E-state index contributed by atoms with van der Waals surface area (Å²) in [5.74, 6) is 0.990. The normalized spacial score (nSPS) is 16.3. The molecule has 200 valence electrons. The van der Waals surface area contributed by atoms with Crippen molar-refractivity contribution in [2.75, 3.05) is 0 Å². The van der Waals surface area contributed by atoms with Gasteiger partial charge < -0.3 is 5.11 Å². The number of fused-ring (bicyclic) bond motifs is 2. The first-order valence-corrected chi connectivity index (χ1v) is 14.2. The Balaban J connectivity index is 1.25. The van der Waals surface area contributed by atoms with E-state index >= 15 is 0 Å². The predicted octanol–water partition coefficient (Wildman–Crippen LogP) is 5.97. The molecule has 2 aliphatic carbocycles. The zero-order chi connectivity index (χ0) is 27.0. The van der Waals surface area contributed by atoms with Crippen molar-refractivity contribution in [1.29, 1.82) is 0 Å². The van der Waals surface area contributed by atoms with Gasteiger partial charge in [0.05, 0.1) is 35.2 Å². The molecule has 1 N–H and O–H groups in total. The van der Waals surface area contributed by atoms with E-state index in [1.54, 1.807) is 0 Å². The monoisotopic (exact) mass is 529 g/mol. The molecule has 4 aromatic heterocycles. The van der Waals surface area contributed by atoms with Gasteiger partial charge in [-0.3, -0.25) is 9.36 Å². The van der Waals surface area contributed by atoms with Crippen molar-refractivity contribution in [3.05, 3.63) is 89.5 Å². The largest absolute Gasteiger partial charge is 0.386 e. The quantitative estimate of drug-likeness (QED) is 0.275. The number of benzene rings is 2. The first-order chi connectivity index (χ1) is 19.5. The molecule has 0 amide bonds. The second kappa shape index (κ2) is 8.86. The van der Waals surface area contributed by atoms with Crippen molar-refractivity contribution in [3.63, 3.8) is 0 Å². The topological polar surface area (TPSA) is 86.6 Å². The van der Waals surface area contributed by atoms with Crippen LogP contribution in [0.3, 0.4) is 0 Å². The summed E-state index contributed by atoms with van der Waals surface area (Å²) in [6.45, 7) is 2.59. The molecule has 0 aliphatic heterocycles. The number of hydrogen-bond donors (Lipinski definition) is 1. The maximum absolute atomic E-state index is 10.8. The van der Waals surface area contributed by atoms with Crippen LogP contribution in [0.2, 0.25) is 0 Å². The molecule has 2 aromatic carbocycles. The van der Waals surface area contributed by atoms with E-state index in [1.165, 1.54) is 24.1 Å². The zero-order valence-corrected chi connectivity index (χ0v) is 22.7. The van der Waals surface area contributed by atoms with Crippen LogP contribution in [0.25, 0.3) is 38.9 Å². The molecule has 2 saturated carbocycles. The lowest BCUT2D eigenvalue weighted by molar-refractivity contribution is 0.152. The smallest absolute Gasteiger partial charge is 0.181 e. The van der Waals surface area contributed by atoms with Gasteiger partial charge in [0.15, 0.2) is 5.65 Å². The van der Waals surface area contributed by atoms with Crippen LogP contribution in [0.4, 0.5) is 0 Å². The van der Waals surface area contributed by atoms with Crippen LogP contribution >= 0.6 is 0 Å². The summed E-state index contributed by atoms with van der Waals surface area (Å²) in [5, 5.41) is 27.7. The minimum atomic E-state index is -0.627. The highest BCUT2D eigenvalue weighted by molar-refractivity contribution is 5.94. The highest BCUT2D eigenvalue weighted by atomic mass is 16.3. The predicted molar refractivity (Wildman–Crippen MR) is 154 cm³/mol. The van der Waals surface area contributed by atoms with Gasteiger partial charge in [-0.15, -0.1) is 0 Å². The van der Waals surface area contributed by atoms with E-state index in [2.05, 4.69) is 41.1 Å². The first kappa shape index (κ1) is 23.6. The minimum Gasteiger partial charge on any atom is -0.386 e. The average molecular weight is 530 g/mol. The lowest BCUT2D eigenvalue weighted by Crippen LogP contribution is -2.08. The van der Waals surface area contributed by atoms with Crippen molar-refractivity contribution >= 4 is 21.9 Å². The molecule has 40 heavy (non-hydrogen) atoms. The van der Waals surface area contributed by atoms with Gasteiger partial charge in [0.2, 0.25) is 0 Å². The van der Waals surface area contributed by atoms with Crippen molar-refractivity contribution < 1.29 is 5.11 Å². The third-order valence-electron chi connectivity index (χ3n) is 8.35. The number of pyridine rings is 1.